The van der Waals surface area contributed by atoms with E-state index in [1.165, 1.54) is 12.7 Å². The standard InChI is InChI=1S/C17H19ClO3/c1-11-5-4-6-12(7-11)8-15(19)13-9-14(18)17(21-3)16(10-13)20-2/h4-7,9-10,15,19H,8H2,1-3H3. The predicted molar refractivity (Wildman–Crippen MR) is 84.4 cm³/mol. The van der Waals surface area contributed by atoms with Crippen LogP contribution in [0.3, 0.4) is 0 Å². The first kappa shape index (κ1) is 15.7. The highest BCUT2D eigenvalue weighted by Gasteiger charge is 2.16. The van der Waals surface area contributed by atoms with E-state index in [2.05, 4.69) is 6.07 Å². The molecule has 21 heavy (non-hydrogen) atoms. The Balaban J connectivity index is 2.27. The third-order valence-corrected chi connectivity index (χ3v) is 3.63. The Morgan fingerprint density at radius 2 is 1.90 bits per heavy atom. The molecule has 0 aliphatic rings. The minimum atomic E-state index is -0.649. The number of hydrogen-bond acceptors (Lipinski definition) is 3. The Morgan fingerprint density at radius 1 is 1.14 bits per heavy atom. The van der Waals surface area contributed by atoms with Crippen molar-refractivity contribution in [1.29, 1.82) is 0 Å². The summed E-state index contributed by atoms with van der Waals surface area (Å²) in [7, 11) is 3.08. The van der Waals surface area contributed by atoms with Gasteiger partial charge in [-0.2, -0.15) is 0 Å². The fourth-order valence-electron chi connectivity index (χ4n) is 2.31. The maximum Gasteiger partial charge on any atom is 0.179 e. The zero-order chi connectivity index (χ0) is 15.4. The first-order valence-corrected chi connectivity index (χ1v) is 7.08. The molecule has 0 spiro atoms. The predicted octanol–water partition coefficient (Wildman–Crippen LogP) is 3.94. The van der Waals surface area contributed by atoms with Crippen LogP contribution in [0, 0.1) is 6.92 Å². The second kappa shape index (κ2) is 6.83. The van der Waals surface area contributed by atoms with Gasteiger partial charge in [-0.1, -0.05) is 41.4 Å². The molecule has 0 aromatic heterocycles. The molecule has 2 aromatic carbocycles. The monoisotopic (exact) mass is 306 g/mol. The van der Waals surface area contributed by atoms with E-state index in [4.69, 9.17) is 21.1 Å². The van der Waals surface area contributed by atoms with Gasteiger partial charge < -0.3 is 14.6 Å². The van der Waals surface area contributed by atoms with Gasteiger partial charge in [-0.3, -0.25) is 0 Å². The Hall–Kier alpha value is -1.71. The fourth-order valence-corrected chi connectivity index (χ4v) is 2.61. The highest BCUT2D eigenvalue weighted by atomic mass is 35.5. The zero-order valence-corrected chi connectivity index (χ0v) is 13.1. The summed E-state index contributed by atoms with van der Waals surface area (Å²) in [5.74, 6) is 0.994. The fraction of sp³-hybridized carbons (Fsp3) is 0.294. The van der Waals surface area contributed by atoms with Gasteiger partial charge in [0.05, 0.1) is 25.3 Å². The highest BCUT2D eigenvalue weighted by molar-refractivity contribution is 6.32. The molecule has 0 aliphatic heterocycles. The molecular formula is C17H19ClO3. The molecule has 0 saturated carbocycles. The molecule has 2 aromatic rings. The first-order chi connectivity index (χ1) is 10.0. The van der Waals surface area contributed by atoms with Crippen LogP contribution >= 0.6 is 11.6 Å². The maximum absolute atomic E-state index is 10.4. The van der Waals surface area contributed by atoms with Gasteiger partial charge in [0, 0.05) is 6.42 Å². The summed E-state index contributed by atoms with van der Waals surface area (Å²) in [5.41, 5.74) is 2.96. The molecule has 112 valence electrons. The van der Waals surface area contributed by atoms with E-state index in [1.54, 1.807) is 19.2 Å². The number of methoxy groups -OCH3 is 2. The molecule has 1 unspecified atom stereocenters. The third kappa shape index (κ3) is 3.69. The summed E-state index contributed by atoms with van der Waals surface area (Å²) in [4.78, 5) is 0. The van der Waals surface area contributed by atoms with E-state index in [9.17, 15) is 5.11 Å². The van der Waals surface area contributed by atoms with E-state index >= 15 is 0 Å². The topological polar surface area (TPSA) is 38.7 Å². The van der Waals surface area contributed by atoms with Gasteiger partial charge in [-0.25, -0.2) is 0 Å². The van der Waals surface area contributed by atoms with Gasteiger partial charge >= 0.3 is 0 Å². The summed E-state index contributed by atoms with van der Waals surface area (Å²) in [6.07, 6.45) is -0.128. The summed E-state index contributed by atoms with van der Waals surface area (Å²) < 4.78 is 10.5. The molecule has 1 N–H and O–H groups in total. The summed E-state index contributed by atoms with van der Waals surface area (Å²) in [6, 6.07) is 11.5. The molecule has 2 rings (SSSR count). The number of halogens is 1. The number of aliphatic hydroxyl groups excluding tert-OH is 1. The summed E-state index contributed by atoms with van der Waals surface area (Å²) in [6.45, 7) is 2.03. The van der Waals surface area contributed by atoms with Crippen molar-refractivity contribution in [2.75, 3.05) is 14.2 Å². The lowest BCUT2D eigenvalue weighted by molar-refractivity contribution is 0.178. The summed E-state index contributed by atoms with van der Waals surface area (Å²) >= 11 is 6.17. The van der Waals surface area contributed by atoms with Gasteiger partial charge in [0.15, 0.2) is 11.5 Å². The number of benzene rings is 2. The Labute approximate surface area is 130 Å². The van der Waals surface area contributed by atoms with Crippen molar-refractivity contribution in [2.45, 2.75) is 19.4 Å². The summed E-state index contributed by atoms with van der Waals surface area (Å²) in [5, 5.41) is 10.8. The van der Waals surface area contributed by atoms with E-state index in [0.29, 0.717) is 28.5 Å². The number of hydrogen-bond donors (Lipinski definition) is 1. The van der Waals surface area contributed by atoms with E-state index in [1.807, 2.05) is 25.1 Å². The minimum Gasteiger partial charge on any atom is -0.493 e. The quantitative estimate of drug-likeness (QED) is 0.909. The smallest absolute Gasteiger partial charge is 0.179 e. The van der Waals surface area contributed by atoms with Crippen molar-refractivity contribution in [3.8, 4) is 11.5 Å². The lowest BCUT2D eigenvalue weighted by Gasteiger charge is -2.16. The lowest BCUT2D eigenvalue weighted by Crippen LogP contribution is -2.03. The van der Waals surface area contributed by atoms with Gasteiger partial charge in [0.25, 0.3) is 0 Å². The molecule has 0 saturated heterocycles. The Bertz CT molecular complexity index is 625. The molecule has 0 amide bonds. The van der Waals surface area contributed by atoms with Crippen LogP contribution in [0.5, 0.6) is 11.5 Å². The Kier molecular flexibility index (Phi) is 5.10. The maximum atomic E-state index is 10.4. The largest absolute Gasteiger partial charge is 0.493 e. The third-order valence-electron chi connectivity index (χ3n) is 3.35. The van der Waals surface area contributed by atoms with Crippen molar-refractivity contribution in [1.82, 2.24) is 0 Å². The van der Waals surface area contributed by atoms with E-state index in [-0.39, 0.29) is 0 Å². The number of rotatable bonds is 5. The van der Waals surface area contributed by atoms with Crippen molar-refractivity contribution in [2.24, 2.45) is 0 Å². The number of ether oxygens (including phenoxy) is 2. The highest BCUT2D eigenvalue weighted by Crippen LogP contribution is 2.38. The van der Waals surface area contributed by atoms with Crippen LogP contribution in [0.25, 0.3) is 0 Å². The van der Waals surface area contributed by atoms with Gasteiger partial charge in [0.1, 0.15) is 0 Å². The Morgan fingerprint density at radius 3 is 2.52 bits per heavy atom. The SMILES string of the molecule is COc1cc(C(O)Cc2cccc(C)c2)cc(Cl)c1OC. The molecule has 0 heterocycles. The number of aryl methyl sites for hydroxylation is 1. The molecule has 0 aliphatic carbocycles. The molecule has 0 bridgehead atoms. The van der Waals surface area contributed by atoms with Crippen LogP contribution in [0.1, 0.15) is 22.8 Å². The molecule has 4 heteroatoms. The van der Waals surface area contributed by atoms with Crippen molar-refractivity contribution in [3.05, 3.63) is 58.1 Å². The molecule has 0 fully saturated rings. The average molecular weight is 307 g/mol. The van der Waals surface area contributed by atoms with Crippen LogP contribution in [-0.4, -0.2) is 19.3 Å². The first-order valence-electron chi connectivity index (χ1n) is 6.70. The zero-order valence-electron chi connectivity index (χ0n) is 12.4. The molecule has 1 atom stereocenters. The van der Waals surface area contributed by atoms with E-state index < -0.39 is 6.10 Å². The molecule has 3 nitrogen and oxygen atoms in total. The van der Waals surface area contributed by atoms with Gasteiger partial charge in [-0.15, -0.1) is 0 Å². The van der Waals surface area contributed by atoms with E-state index in [0.717, 1.165) is 5.56 Å². The van der Waals surface area contributed by atoms with Crippen molar-refractivity contribution in [3.63, 3.8) is 0 Å². The van der Waals surface area contributed by atoms with Crippen LogP contribution in [-0.2, 0) is 6.42 Å². The van der Waals surface area contributed by atoms with Gasteiger partial charge in [-0.05, 0) is 30.2 Å². The second-order valence-electron chi connectivity index (χ2n) is 4.95. The van der Waals surface area contributed by atoms with Crippen molar-refractivity contribution < 1.29 is 14.6 Å². The normalized spacial score (nSPS) is 12.0. The van der Waals surface area contributed by atoms with Crippen LogP contribution in [0.4, 0.5) is 0 Å². The minimum absolute atomic E-state index is 0.426. The second-order valence-corrected chi connectivity index (χ2v) is 5.35. The number of aliphatic hydroxyl groups is 1. The van der Waals surface area contributed by atoms with Crippen LogP contribution in [0.2, 0.25) is 5.02 Å². The molecule has 0 radical (unpaired) electrons. The van der Waals surface area contributed by atoms with Crippen LogP contribution in [0.15, 0.2) is 36.4 Å². The van der Waals surface area contributed by atoms with Crippen molar-refractivity contribution >= 4 is 11.6 Å². The van der Waals surface area contributed by atoms with Gasteiger partial charge in [0.2, 0.25) is 0 Å². The lowest BCUT2D eigenvalue weighted by atomic mass is 10.00. The van der Waals surface area contributed by atoms with Crippen LogP contribution < -0.4 is 9.47 Å². The average Bonchev–Trinajstić information content (AvgIpc) is 2.46. The molecular weight excluding hydrogens is 288 g/mol.